The molecule has 0 aromatic carbocycles. The molecule has 0 aromatic rings. The van der Waals surface area contributed by atoms with Crippen molar-refractivity contribution in [1.29, 1.82) is 0 Å². The highest BCUT2D eigenvalue weighted by Crippen LogP contribution is 2.16. The van der Waals surface area contributed by atoms with Crippen LogP contribution in [-0.4, -0.2) is 6.29 Å². The van der Waals surface area contributed by atoms with Crippen LogP contribution in [-0.2, 0) is 4.79 Å². The third kappa shape index (κ3) is 5.97. The van der Waals surface area contributed by atoms with E-state index in [1.807, 2.05) is 13.8 Å². The molecule has 0 aliphatic rings. The minimum absolute atomic E-state index is 0.0406. The Morgan fingerprint density at radius 2 is 1.67 bits per heavy atom. The van der Waals surface area contributed by atoms with Crippen LogP contribution in [0.4, 0.5) is 0 Å². The van der Waals surface area contributed by atoms with Crippen LogP contribution in [0.2, 0.25) is 0 Å². The zero-order chi connectivity index (χ0) is 9.83. The van der Waals surface area contributed by atoms with Gasteiger partial charge in [-0.25, -0.2) is 0 Å². The number of hydrogen-bond donors (Lipinski definition) is 0. The van der Waals surface area contributed by atoms with E-state index >= 15 is 0 Å². The Hall–Kier alpha value is -0.770. The van der Waals surface area contributed by atoms with E-state index in [1.165, 1.54) is 0 Å². The lowest BCUT2D eigenvalue weighted by molar-refractivity contribution is -0.114. The van der Waals surface area contributed by atoms with Crippen molar-refractivity contribution in [1.82, 2.24) is 0 Å². The molecule has 0 heterocycles. The van der Waals surface area contributed by atoms with Gasteiger partial charge in [-0.3, -0.25) is 0 Å². The highest BCUT2D eigenvalue weighted by atomic mass is 16.1. The summed E-state index contributed by atoms with van der Waals surface area (Å²) in [5, 5.41) is 0. The van der Waals surface area contributed by atoms with Crippen molar-refractivity contribution in [3.8, 4) is 11.8 Å². The first-order chi connectivity index (χ1) is 5.27. The molecule has 0 radical (unpaired) electrons. The van der Waals surface area contributed by atoms with Gasteiger partial charge in [-0.2, -0.15) is 0 Å². The van der Waals surface area contributed by atoms with Crippen LogP contribution >= 0.6 is 0 Å². The lowest BCUT2D eigenvalue weighted by Crippen LogP contribution is -2.11. The first-order valence-electron chi connectivity index (χ1n) is 4.23. The van der Waals surface area contributed by atoms with E-state index in [2.05, 4.69) is 32.6 Å². The quantitative estimate of drug-likeness (QED) is 0.455. The van der Waals surface area contributed by atoms with E-state index in [1.54, 1.807) is 0 Å². The van der Waals surface area contributed by atoms with Crippen LogP contribution < -0.4 is 0 Å². The molecule has 0 aromatic heterocycles. The van der Waals surface area contributed by atoms with Gasteiger partial charge < -0.3 is 4.79 Å². The Morgan fingerprint density at radius 3 is 2.00 bits per heavy atom. The zero-order valence-corrected chi connectivity index (χ0v) is 8.69. The fraction of sp³-hybridized carbons (Fsp3) is 0.727. The highest BCUT2D eigenvalue weighted by Gasteiger charge is 2.14. The van der Waals surface area contributed by atoms with Crippen molar-refractivity contribution in [2.45, 2.75) is 41.0 Å². The summed E-state index contributed by atoms with van der Waals surface area (Å²) >= 11 is 0. The first kappa shape index (κ1) is 11.2. The number of hydrogen-bond acceptors (Lipinski definition) is 1. The van der Waals surface area contributed by atoms with Gasteiger partial charge in [0, 0.05) is 17.3 Å². The second-order valence-corrected chi connectivity index (χ2v) is 4.83. The summed E-state index contributed by atoms with van der Waals surface area (Å²) in [7, 11) is 0. The summed E-state index contributed by atoms with van der Waals surface area (Å²) in [6.45, 7) is 9.99. The van der Waals surface area contributed by atoms with Crippen LogP contribution in [0.25, 0.3) is 0 Å². The lowest BCUT2D eigenvalue weighted by atomic mass is 9.90. The summed E-state index contributed by atoms with van der Waals surface area (Å²) in [5.74, 6) is 6.14. The fourth-order valence-electron chi connectivity index (χ4n) is 0.579. The molecule has 0 unspecified atom stereocenters. The van der Waals surface area contributed by atoms with Crippen LogP contribution in [0.5, 0.6) is 0 Å². The molecule has 68 valence electrons. The van der Waals surface area contributed by atoms with E-state index in [-0.39, 0.29) is 10.8 Å². The summed E-state index contributed by atoms with van der Waals surface area (Å²) in [6, 6.07) is 0. The Bertz CT molecular complexity index is 207. The van der Waals surface area contributed by atoms with Crippen LogP contribution in [0.3, 0.4) is 0 Å². The summed E-state index contributed by atoms with van der Waals surface area (Å²) in [4.78, 5) is 10.5. The number of rotatable bonds is 2. The van der Waals surface area contributed by atoms with Crippen molar-refractivity contribution >= 4 is 6.29 Å². The van der Waals surface area contributed by atoms with Gasteiger partial charge >= 0.3 is 0 Å². The molecule has 1 nitrogen and oxygen atoms in total. The van der Waals surface area contributed by atoms with E-state index in [0.717, 1.165) is 6.29 Å². The third-order valence-electron chi connectivity index (χ3n) is 1.33. The maximum atomic E-state index is 10.5. The maximum Gasteiger partial charge on any atom is 0.126 e. The predicted molar refractivity (Wildman–Crippen MR) is 51.7 cm³/mol. The van der Waals surface area contributed by atoms with Crippen molar-refractivity contribution < 1.29 is 4.79 Å². The van der Waals surface area contributed by atoms with Gasteiger partial charge in [0.05, 0.1) is 0 Å². The average molecular weight is 166 g/mol. The molecule has 0 spiro atoms. The van der Waals surface area contributed by atoms with Crippen LogP contribution in [0, 0.1) is 22.7 Å². The maximum absolute atomic E-state index is 10.5. The topological polar surface area (TPSA) is 17.1 Å². The van der Waals surface area contributed by atoms with Gasteiger partial charge in [0.2, 0.25) is 0 Å². The van der Waals surface area contributed by atoms with Gasteiger partial charge in [-0.15, -0.1) is 5.92 Å². The summed E-state index contributed by atoms with van der Waals surface area (Å²) in [6.07, 6.45) is 1.61. The summed E-state index contributed by atoms with van der Waals surface area (Å²) in [5.41, 5.74) is -0.253. The first-order valence-corrected chi connectivity index (χ1v) is 4.23. The van der Waals surface area contributed by atoms with Crippen molar-refractivity contribution in [3.63, 3.8) is 0 Å². The molecule has 0 bridgehead atoms. The van der Waals surface area contributed by atoms with E-state index < -0.39 is 0 Å². The standard InChI is InChI=1S/C11H18O/c1-10(2,3)7-6-8-11(4,5)9-12/h9H,8H2,1-5H3. The van der Waals surface area contributed by atoms with E-state index in [9.17, 15) is 4.79 Å². The smallest absolute Gasteiger partial charge is 0.126 e. The van der Waals surface area contributed by atoms with Crippen LogP contribution in [0.1, 0.15) is 41.0 Å². The molecular formula is C11H18O. The van der Waals surface area contributed by atoms with Crippen LogP contribution in [0.15, 0.2) is 0 Å². The Kier molecular flexibility index (Phi) is 3.52. The molecule has 0 saturated carbocycles. The number of carbonyl (C=O) groups is 1. The lowest BCUT2D eigenvalue weighted by Gasteiger charge is -2.12. The molecule has 0 saturated heterocycles. The molecule has 0 N–H and O–H groups in total. The highest BCUT2D eigenvalue weighted by molar-refractivity contribution is 5.58. The van der Waals surface area contributed by atoms with Gasteiger partial charge in [0.25, 0.3) is 0 Å². The third-order valence-corrected chi connectivity index (χ3v) is 1.33. The monoisotopic (exact) mass is 166 g/mol. The van der Waals surface area contributed by atoms with E-state index in [4.69, 9.17) is 0 Å². The number of aldehydes is 1. The molecule has 0 amide bonds. The minimum atomic E-state index is -0.293. The molecule has 0 aliphatic carbocycles. The minimum Gasteiger partial charge on any atom is -0.303 e. The second kappa shape index (κ2) is 3.76. The molecule has 12 heavy (non-hydrogen) atoms. The normalized spacial score (nSPS) is 11.8. The van der Waals surface area contributed by atoms with Gasteiger partial charge in [0.1, 0.15) is 6.29 Å². The van der Waals surface area contributed by atoms with Crippen molar-refractivity contribution in [2.75, 3.05) is 0 Å². The second-order valence-electron chi connectivity index (χ2n) is 4.83. The van der Waals surface area contributed by atoms with Gasteiger partial charge in [-0.1, -0.05) is 19.8 Å². The average Bonchev–Trinajstić information content (AvgIpc) is 1.84. The van der Waals surface area contributed by atoms with Crippen molar-refractivity contribution in [2.24, 2.45) is 10.8 Å². The molecular weight excluding hydrogens is 148 g/mol. The molecule has 0 aliphatic heterocycles. The van der Waals surface area contributed by atoms with Gasteiger partial charge in [-0.05, 0) is 20.8 Å². The Morgan fingerprint density at radius 1 is 1.17 bits per heavy atom. The molecule has 0 atom stereocenters. The SMILES string of the molecule is CC(C)(C)C#CCC(C)(C)C=O. The molecule has 1 heteroatoms. The molecule has 0 rings (SSSR count). The number of carbonyl (C=O) groups excluding carboxylic acids is 1. The summed E-state index contributed by atoms with van der Waals surface area (Å²) < 4.78 is 0. The van der Waals surface area contributed by atoms with Crippen molar-refractivity contribution in [3.05, 3.63) is 0 Å². The van der Waals surface area contributed by atoms with E-state index in [0.29, 0.717) is 6.42 Å². The fourth-order valence-corrected chi connectivity index (χ4v) is 0.579. The predicted octanol–water partition coefficient (Wildman–Crippen LogP) is 2.65. The molecule has 0 fully saturated rings. The largest absolute Gasteiger partial charge is 0.303 e. The Labute approximate surface area is 75.5 Å². The Balaban J connectivity index is 4.12. The zero-order valence-electron chi connectivity index (χ0n) is 8.69. The van der Waals surface area contributed by atoms with Gasteiger partial charge in [0.15, 0.2) is 0 Å².